The van der Waals surface area contributed by atoms with E-state index in [1.807, 2.05) is 55.5 Å². The molecule has 1 saturated heterocycles. The van der Waals surface area contributed by atoms with E-state index in [4.69, 9.17) is 4.74 Å². The minimum absolute atomic E-state index is 0.0924. The third-order valence-electron chi connectivity index (χ3n) is 10.1. The molecule has 1 fully saturated rings. The van der Waals surface area contributed by atoms with Crippen LogP contribution < -0.4 is 10.2 Å². The first kappa shape index (κ1) is 33.0. The fraction of sp³-hybridized carbons (Fsp3) is 0.417. The van der Waals surface area contributed by atoms with Crippen molar-refractivity contribution in [1.82, 2.24) is 4.90 Å². The molecule has 0 saturated carbocycles. The second kappa shape index (κ2) is 12.6. The number of halogens is 1. The summed E-state index contributed by atoms with van der Waals surface area (Å²) >= 11 is 0. The highest BCUT2D eigenvalue weighted by Gasteiger charge is 2.67. The van der Waals surface area contributed by atoms with Gasteiger partial charge in [0.15, 0.2) is 5.60 Å². The number of ether oxygens (including phenoxy) is 1. The van der Waals surface area contributed by atoms with Crippen LogP contribution in [-0.4, -0.2) is 66.1 Å². The standard InChI is InChI=1S/C36H42FN3O6Si/c1-22-33(47(3,4)37)31(18-32(43)39-20-26-10-6-5-9-25(26)17-28(39)21-41)46-36(22)29-11-7-8-12-30(29)40(35(36)45)19-24-13-15-27(16-14-24)38-34(44)23(2)42/h5-16,22-23,28,31,33,41-42H,17-21H2,1-4H3,(H,38,44)/t22-,23+,28+,31+,33-,36+/m1/s1. The summed E-state index contributed by atoms with van der Waals surface area (Å²) in [4.78, 5) is 43.8. The normalized spacial score (nSPS) is 25.9. The molecule has 0 aliphatic carbocycles. The van der Waals surface area contributed by atoms with Crippen LogP contribution in [0.15, 0.2) is 72.8 Å². The Morgan fingerprint density at radius 2 is 1.72 bits per heavy atom. The molecule has 3 aliphatic rings. The molecule has 1 spiro atoms. The number of carbonyl (C=O) groups is 3. The van der Waals surface area contributed by atoms with Crippen molar-refractivity contribution in [2.45, 2.75) is 82.3 Å². The number of hydrogen-bond donors (Lipinski definition) is 3. The number of amides is 3. The Morgan fingerprint density at radius 1 is 1.06 bits per heavy atom. The molecule has 0 radical (unpaired) electrons. The van der Waals surface area contributed by atoms with Crippen LogP contribution in [0.1, 0.15) is 42.5 Å². The van der Waals surface area contributed by atoms with Gasteiger partial charge in [0.1, 0.15) is 6.10 Å². The average Bonchev–Trinajstić information content (AvgIpc) is 3.47. The number of nitrogens with zero attached hydrogens (tertiary/aromatic N) is 2. The summed E-state index contributed by atoms with van der Waals surface area (Å²) < 4.78 is 23.1. The predicted molar refractivity (Wildman–Crippen MR) is 179 cm³/mol. The van der Waals surface area contributed by atoms with Crippen LogP contribution in [0.5, 0.6) is 0 Å². The Balaban J connectivity index is 1.29. The molecule has 0 aromatic heterocycles. The van der Waals surface area contributed by atoms with Crippen molar-refractivity contribution in [3.8, 4) is 0 Å². The van der Waals surface area contributed by atoms with Crippen molar-refractivity contribution in [2.75, 3.05) is 16.8 Å². The zero-order chi connectivity index (χ0) is 33.7. The number of rotatable bonds is 8. The van der Waals surface area contributed by atoms with E-state index in [1.54, 1.807) is 47.2 Å². The third-order valence-corrected chi connectivity index (χ3v) is 12.5. The maximum atomic E-state index is 16.3. The van der Waals surface area contributed by atoms with Gasteiger partial charge in [0.05, 0.1) is 37.4 Å². The second-order valence-corrected chi connectivity index (χ2v) is 17.4. The smallest absolute Gasteiger partial charge is 0.264 e. The minimum atomic E-state index is -3.49. The second-order valence-electron chi connectivity index (χ2n) is 13.6. The van der Waals surface area contributed by atoms with E-state index in [0.717, 1.165) is 16.7 Å². The first-order valence-electron chi connectivity index (χ1n) is 16.2. The van der Waals surface area contributed by atoms with Gasteiger partial charge in [0, 0.05) is 29.3 Å². The van der Waals surface area contributed by atoms with Crippen LogP contribution in [-0.2, 0) is 44.2 Å². The van der Waals surface area contributed by atoms with Gasteiger partial charge >= 0.3 is 0 Å². The van der Waals surface area contributed by atoms with Gasteiger partial charge in [-0.05, 0) is 61.3 Å². The fourth-order valence-corrected chi connectivity index (χ4v) is 10.3. The fourth-order valence-electron chi connectivity index (χ4n) is 7.81. The van der Waals surface area contributed by atoms with Crippen molar-refractivity contribution in [2.24, 2.45) is 5.92 Å². The number of carbonyl (C=O) groups excluding carboxylic acids is 3. The van der Waals surface area contributed by atoms with Gasteiger partial charge in [-0.3, -0.25) is 14.4 Å². The Kier molecular flexibility index (Phi) is 8.86. The van der Waals surface area contributed by atoms with Gasteiger partial charge in [-0.2, -0.15) is 0 Å². The largest absolute Gasteiger partial charge is 0.394 e. The van der Waals surface area contributed by atoms with Crippen molar-refractivity contribution >= 4 is 37.5 Å². The molecule has 248 valence electrons. The lowest BCUT2D eigenvalue weighted by atomic mass is 9.82. The Bertz CT molecular complexity index is 1680. The van der Waals surface area contributed by atoms with Crippen LogP contribution in [0.4, 0.5) is 15.5 Å². The SMILES string of the molecule is C[C@H](O)C(=O)Nc1ccc(CN2C(=O)[C@@]3(O[C@@H](CC(=O)N4Cc5ccccc5C[C@H]4CO)[C@H]([Si](C)(C)F)[C@H]3C)c3ccccc32)cc1. The lowest BCUT2D eigenvalue weighted by molar-refractivity contribution is -0.151. The van der Waals surface area contributed by atoms with Crippen LogP contribution >= 0.6 is 0 Å². The highest BCUT2D eigenvalue weighted by molar-refractivity contribution is 6.72. The van der Waals surface area contributed by atoms with Crippen LogP contribution in [0.2, 0.25) is 18.6 Å². The van der Waals surface area contributed by atoms with Gasteiger partial charge in [0.25, 0.3) is 11.8 Å². The van der Waals surface area contributed by atoms with Crippen molar-refractivity contribution in [3.63, 3.8) is 0 Å². The Labute approximate surface area is 275 Å². The molecular formula is C36H42FN3O6Si. The van der Waals surface area contributed by atoms with E-state index >= 15 is 4.11 Å². The molecule has 9 nitrogen and oxygen atoms in total. The van der Waals surface area contributed by atoms with Crippen LogP contribution in [0, 0.1) is 5.92 Å². The molecule has 0 unspecified atom stereocenters. The molecular weight excluding hydrogens is 617 g/mol. The van der Waals surface area contributed by atoms with Crippen LogP contribution in [0.25, 0.3) is 0 Å². The van der Waals surface area contributed by atoms with Gasteiger partial charge in [-0.15, -0.1) is 0 Å². The van der Waals surface area contributed by atoms with Gasteiger partial charge < -0.3 is 34.2 Å². The molecule has 11 heteroatoms. The molecule has 3 N–H and O–H groups in total. The molecule has 47 heavy (non-hydrogen) atoms. The van der Waals surface area contributed by atoms with E-state index < -0.39 is 49.6 Å². The van der Waals surface area contributed by atoms with E-state index in [1.165, 1.54) is 6.92 Å². The molecule has 3 aliphatic heterocycles. The summed E-state index contributed by atoms with van der Waals surface area (Å²) in [7, 11) is -3.49. The summed E-state index contributed by atoms with van der Waals surface area (Å²) in [6, 6.07) is 21.9. The van der Waals surface area contributed by atoms with Crippen molar-refractivity contribution < 1.29 is 33.4 Å². The maximum absolute atomic E-state index is 16.3. The van der Waals surface area contributed by atoms with E-state index in [2.05, 4.69) is 5.32 Å². The topological polar surface area (TPSA) is 119 Å². The highest BCUT2D eigenvalue weighted by atomic mass is 28.4. The number of anilines is 2. The summed E-state index contributed by atoms with van der Waals surface area (Å²) in [5, 5.41) is 22.4. The molecule has 3 aromatic carbocycles. The van der Waals surface area contributed by atoms with Gasteiger partial charge in [-0.25, -0.2) is 0 Å². The van der Waals surface area contributed by atoms with E-state index in [0.29, 0.717) is 29.9 Å². The molecule has 0 bridgehead atoms. The number of benzene rings is 3. The number of hydrogen-bond acceptors (Lipinski definition) is 6. The highest BCUT2D eigenvalue weighted by Crippen LogP contribution is 2.60. The van der Waals surface area contributed by atoms with Gasteiger partial charge in [-0.1, -0.05) is 61.5 Å². The Hall–Kier alpha value is -3.90. The first-order valence-corrected chi connectivity index (χ1v) is 19.1. The number of fused-ring (bicyclic) bond motifs is 3. The predicted octanol–water partition coefficient (Wildman–Crippen LogP) is 4.66. The molecule has 3 heterocycles. The van der Waals surface area contributed by atoms with Crippen molar-refractivity contribution in [1.29, 1.82) is 0 Å². The Morgan fingerprint density at radius 3 is 2.38 bits per heavy atom. The quantitative estimate of drug-likeness (QED) is 0.239. The van der Waals surface area contributed by atoms with Crippen molar-refractivity contribution in [3.05, 3.63) is 95.1 Å². The number of aliphatic hydroxyl groups is 2. The maximum Gasteiger partial charge on any atom is 0.264 e. The molecule has 3 amide bonds. The number of aliphatic hydroxyl groups excluding tert-OH is 2. The number of para-hydroxylation sites is 1. The molecule has 6 atom stereocenters. The summed E-state index contributed by atoms with van der Waals surface area (Å²) in [5.74, 6) is -1.58. The average molecular weight is 660 g/mol. The summed E-state index contributed by atoms with van der Waals surface area (Å²) in [5.41, 5.74) is 2.68. The van der Waals surface area contributed by atoms with Crippen LogP contribution in [0.3, 0.4) is 0 Å². The zero-order valence-electron chi connectivity index (χ0n) is 27.2. The lowest BCUT2D eigenvalue weighted by Crippen LogP contribution is -2.48. The lowest BCUT2D eigenvalue weighted by Gasteiger charge is -2.37. The third kappa shape index (κ3) is 5.90. The summed E-state index contributed by atoms with van der Waals surface area (Å²) in [6.45, 7) is 6.87. The first-order chi connectivity index (χ1) is 22.3. The monoisotopic (exact) mass is 659 g/mol. The minimum Gasteiger partial charge on any atom is -0.394 e. The molecule has 6 rings (SSSR count). The van der Waals surface area contributed by atoms with E-state index in [-0.39, 0.29) is 31.4 Å². The zero-order valence-corrected chi connectivity index (χ0v) is 28.2. The summed E-state index contributed by atoms with van der Waals surface area (Å²) in [6.07, 6.45) is -1.53. The van der Waals surface area contributed by atoms with Gasteiger partial charge in [0.2, 0.25) is 14.3 Å². The molecule has 3 aromatic rings. The van der Waals surface area contributed by atoms with E-state index in [9.17, 15) is 24.6 Å². The number of nitrogens with one attached hydrogen (secondary N) is 1.